The van der Waals surface area contributed by atoms with Crippen molar-refractivity contribution in [2.45, 2.75) is 57.0 Å². The molecule has 0 atom stereocenters. The second-order valence-corrected chi connectivity index (χ2v) is 17.2. The summed E-state index contributed by atoms with van der Waals surface area (Å²) in [7, 11) is 5.22. The Bertz CT molecular complexity index is 2590. The lowest BCUT2D eigenvalue weighted by molar-refractivity contribution is -0.121. The number of rotatable bonds is 10. The molecule has 3 aliphatic heterocycles. The number of carbonyl (C=O) groups is 3. The van der Waals surface area contributed by atoms with Crippen LogP contribution in [-0.2, 0) is 24.3 Å². The average Bonchev–Trinajstić information content (AvgIpc) is 4.03. The molecule has 5 heterocycles. The number of ether oxygens (including phenoxy) is 2. The summed E-state index contributed by atoms with van der Waals surface area (Å²) in [6.45, 7) is 5.44. The van der Waals surface area contributed by atoms with Gasteiger partial charge in [0.2, 0.25) is 5.91 Å². The molecule has 13 heteroatoms. The number of benzene rings is 4. The van der Waals surface area contributed by atoms with Crippen molar-refractivity contribution in [2.24, 2.45) is 0 Å². The summed E-state index contributed by atoms with van der Waals surface area (Å²) in [6.07, 6.45) is 8.47. The molecule has 0 radical (unpaired) electrons. The van der Waals surface area contributed by atoms with Crippen molar-refractivity contribution < 1.29 is 23.9 Å². The van der Waals surface area contributed by atoms with Crippen molar-refractivity contribution in [3.05, 3.63) is 129 Å². The fourth-order valence-electron chi connectivity index (χ4n) is 9.35. The van der Waals surface area contributed by atoms with Crippen LogP contribution in [0, 0.1) is 0 Å². The Labute approximate surface area is 372 Å². The number of aromatic nitrogens is 2. The van der Waals surface area contributed by atoms with E-state index in [1.807, 2.05) is 65.5 Å². The molecule has 6 aromatic rings. The topological polar surface area (TPSA) is 110 Å². The van der Waals surface area contributed by atoms with Crippen molar-refractivity contribution in [3.8, 4) is 11.5 Å². The van der Waals surface area contributed by atoms with Gasteiger partial charge in [0.25, 0.3) is 11.8 Å². The zero-order valence-corrected chi connectivity index (χ0v) is 37.1. The van der Waals surface area contributed by atoms with Gasteiger partial charge in [-0.05, 0) is 91.6 Å². The predicted octanol–water partition coefficient (Wildman–Crippen LogP) is 8.54. The molecular formula is C49H54Cl2N6O5. The zero-order chi connectivity index (χ0) is 43.3. The molecule has 9 rings (SSSR count). The zero-order valence-electron chi connectivity index (χ0n) is 35.6. The fraction of sp³-hybridized carbons (Fsp3) is 0.367. The van der Waals surface area contributed by atoms with Crippen molar-refractivity contribution in [3.63, 3.8) is 0 Å². The molecule has 2 fully saturated rings. The normalized spacial score (nSPS) is 15.6. The Balaban J connectivity index is 0.000000171. The first kappa shape index (κ1) is 43.2. The number of hydrogen-bond acceptors (Lipinski definition) is 6. The molecule has 0 aliphatic carbocycles. The Morgan fingerprint density at radius 3 is 1.89 bits per heavy atom. The molecule has 62 heavy (non-hydrogen) atoms. The first-order valence-electron chi connectivity index (χ1n) is 21.5. The van der Waals surface area contributed by atoms with Gasteiger partial charge in [-0.25, -0.2) is 0 Å². The number of carbonyl (C=O) groups excluding carboxylic acids is 3. The van der Waals surface area contributed by atoms with Gasteiger partial charge < -0.3 is 39.0 Å². The molecule has 2 aromatic heterocycles. The lowest BCUT2D eigenvalue weighted by atomic mass is 9.87. The summed E-state index contributed by atoms with van der Waals surface area (Å²) < 4.78 is 15.4. The third-order valence-corrected chi connectivity index (χ3v) is 13.1. The molecule has 4 aromatic carbocycles. The average molecular weight is 878 g/mol. The van der Waals surface area contributed by atoms with Crippen LogP contribution in [-0.4, -0.2) is 97.2 Å². The van der Waals surface area contributed by atoms with E-state index in [1.54, 1.807) is 37.1 Å². The number of halogens is 2. The summed E-state index contributed by atoms with van der Waals surface area (Å²) in [6, 6.07) is 25.8. The van der Waals surface area contributed by atoms with Crippen LogP contribution in [0.5, 0.6) is 11.5 Å². The number of likely N-dealkylation sites (tertiary alicyclic amines) is 2. The van der Waals surface area contributed by atoms with Crippen LogP contribution >= 0.6 is 23.2 Å². The van der Waals surface area contributed by atoms with Crippen molar-refractivity contribution in [1.29, 1.82) is 0 Å². The van der Waals surface area contributed by atoms with Crippen LogP contribution in [0.4, 0.5) is 0 Å². The molecule has 0 saturated carbocycles. The second kappa shape index (κ2) is 19.3. The minimum absolute atomic E-state index is 0.0125. The number of hydrogen-bond donors (Lipinski definition) is 2. The molecular weight excluding hydrogens is 823 g/mol. The van der Waals surface area contributed by atoms with E-state index in [0.29, 0.717) is 40.5 Å². The van der Waals surface area contributed by atoms with Gasteiger partial charge in [0, 0.05) is 85.9 Å². The third-order valence-electron chi connectivity index (χ3n) is 12.7. The van der Waals surface area contributed by atoms with Gasteiger partial charge in [-0.3, -0.25) is 14.4 Å². The number of nitrogens with zero attached hydrogens (tertiary/aromatic N) is 4. The highest BCUT2D eigenvalue weighted by Gasteiger charge is 2.31. The number of amides is 3. The van der Waals surface area contributed by atoms with Gasteiger partial charge in [-0.15, -0.1) is 0 Å². The summed E-state index contributed by atoms with van der Waals surface area (Å²) >= 11 is 12.4. The number of piperidine rings is 2. The molecule has 2 saturated heterocycles. The summed E-state index contributed by atoms with van der Waals surface area (Å²) in [5.41, 5.74) is 7.01. The molecule has 3 aliphatic rings. The Morgan fingerprint density at radius 2 is 1.29 bits per heavy atom. The van der Waals surface area contributed by atoms with E-state index in [0.717, 1.165) is 104 Å². The fourth-order valence-corrected chi connectivity index (χ4v) is 9.68. The quantitative estimate of drug-likeness (QED) is 0.143. The van der Waals surface area contributed by atoms with Crippen molar-refractivity contribution >= 4 is 62.7 Å². The van der Waals surface area contributed by atoms with Gasteiger partial charge in [0.05, 0.1) is 35.9 Å². The Hall–Kier alpha value is -5.49. The summed E-state index contributed by atoms with van der Waals surface area (Å²) in [5.74, 6) is 2.79. The lowest BCUT2D eigenvalue weighted by Gasteiger charge is -2.32. The van der Waals surface area contributed by atoms with E-state index in [2.05, 4.69) is 39.5 Å². The highest BCUT2D eigenvalue weighted by Crippen LogP contribution is 2.40. The first-order valence-corrected chi connectivity index (χ1v) is 22.3. The van der Waals surface area contributed by atoms with Crippen LogP contribution in [0.15, 0.2) is 91.3 Å². The van der Waals surface area contributed by atoms with E-state index < -0.39 is 0 Å². The van der Waals surface area contributed by atoms with Crippen LogP contribution in [0.2, 0.25) is 10.0 Å². The molecule has 324 valence electrons. The van der Waals surface area contributed by atoms with E-state index in [9.17, 15) is 14.4 Å². The number of fused-ring (bicyclic) bond motifs is 3. The Morgan fingerprint density at radius 1 is 0.726 bits per heavy atom. The van der Waals surface area contributed by atoms with E-state index >= 15 is 0 Å². The maximum absolute atomic E-state index is 13.5. The molecule has 3 amide bonds. The van der Waals surface area contributed by atoms with Gasteiger partial charge in [0.1, 0.15) is 18.0 Å². The minimum Gasteiger partial charge on any atom is -0.496 e. The van der Waals surface area contributed by atoms with Crippen LogP contribution in [0.1, 0.15) is 74.9 Å². The van der Waals surface area contributed by atoms with Crippen LogP contribution in [0.25, 0.3) is 21.8 Å². The lowest BCUT2D eigenvalue weighted by Crippen LogP contribution is -2.38. The summed E-state index contributed by atoms with van der Waals surface area (Å²) in [4.78, 5) is 42.7. The Kier molecular flexibility index (Phi) is 13.4. The minimum atomic E-state index is -0.131. The molecule has 2 N–H and O–H groups in total. The van der Waals surface area contributed by atoms with Gasteiger partial charge >= 0.3 is 0 Å². The van der Waals surface area contributed by atoms with Crippen LogP contribution in [0.3, 0.4) is 0 Å². The van der Waals surface area contributed by atoms with Crippen molar-refractivity contribution in [2.75, 3.05) is 60.5 Å². The molecule has 0 spiro atoms. The first-order chi connectivity index (χ1) is 30.2. The molecule has 0 bridgehead atoms. The highest BCUT2D eigenvalue weighted by molar-refractivity contribution is 6.31. The molecule has 0 unspecified atom stereocenters. The monoisotopic (exact) mass is 876 g/mol. The molecule has 11 nitrogen and oxygen atoms in total. The maximum atomic E-state index is 13.5. The smallest absolute Gasteiger partial charge is 0.256 e. The third kappa shape index (κ3) is 9.02. The maximum Gasteiger partial charge on any atom is 0.256 e. The van der Waals surface area contributed by atoms with Gasteiger partial charge in [-0.2, -0.15) is 0 Å². The van der Waals surface area contributed by atoms with E-state index in [4.69, 9.17) is 32.7 Å². The van der Waals surface area contributed by atoms with Crippen LogP contribution < -0.4 is 20.1 Å². The van der Waals surface area contributed by atoms with E-state index in [1.165, 1.54) is 16.7 Å². The van der Waals surface area contributed by atoms with Gasteiger partial charge in [-0.1, -0.05) is 71.7 Å². The van der Waals surface area contributed by atoms with E-state index in [-0.39, 0.29) is 24.3 Å². The number of methoxy groups -OCH3 is 1. The van der Waals surface area contributed by atoms with Gasteiger partial charge in [0.15, 0.2) is 0 Å². The number of likely N-dealkylation sites (N-methyl/N-ethyl adjacent to an activating group) is 2. The predicted molar refractivity (Wildman–Crippen MR) is 246 cm³/mol. The standard InChI is InChI=1S/C25H28ClN3O2.C24H26ClN3O3/c1-27-10-13-29-16-22(21-6-5-19(26)15-23(21)29)25(30)28-11-7-17(8-12-28)20-4-2-3-18-9-14-31-24(18)20;1-26-23(29)15-28-14-20(19-8-7-17(25)13-21(19)28)24(30)27-11-9-16(10-12-27)18-5-3-4-6-22(18)31-2/h2-6,15-17,27H,7-14H2,1H3;3-8,13-14,16H,9-12,15H2,1-2H3,(H,26,29). The van der Waals surface area contributed by atoms with Crippen molar-refractivity contribution in [1.82, 2.24) is 29.6 Å². The number of para-hydroxylation sites is 2. The SMILES string of the molecule is CNC(=O)Cn1cc(C(=O)N2CCC(c3ccccc3OC)CC2)c2ccc(Cl)cc21.CNCCn1cc(C(=O)N2CCC(c3cccc4c3OCC4)CC2)c2ccc(Cl)cc21. The number of nitrogens with one attached hydrogen (secondary N) is 2. The second-order valence-electron chi connectivity index (χ2n) is 16.3. The highest BCUT2D eigenvalue weighted by atomic mass is 35.5. The largest absolute Gasteiger partial charge is 0.496 e. The summed E-state index contributed by atoms with van der Waals surface area (Å²) in [5, 5.41) is 8.84.